The van der Waals surface area contributed by atoms with Crippen LogP contribution in [0.25, 0.3) is 10.9 Å². The van der Waals surface area contributed by atoms with Crippen molar-refractivity contribution in [2.75, 3.05) is 38.1 Å². The zero-order valence-corrected chi connectivity index (χ0v) is 18.0. The van der Waals surface area contributed by atoms with Crippen molar-refractivity contribution in [3.05, 3.63) is 35.5 Å². The maximum Gasteiger partial charge on any atom is 0.204 e. The SMILES string of the molecule is CC1(C)COC2(CCN(CCCCNc3ccnc4cc(Cl)ccc34)CC2)OO1. The fourth-order valence-electron chi connectivity index (χ4n) is 3.85. The van der Waals surface area contributed by atoms with Crippen LogP contribution in [0.3, 0.4) is 0 Å². The minimum absolute atomic E-state index is 0.359. The van der Waals surface area contributed by atoms with Gasteiger partial charge in [-0.05, 0) is 57.5 Å². The van der Waals surface area contributed by atoms with Crippen molar-refractivity contribution in [2.45, 2.75) is 50.9 Å². The van der Waals surface area contributed by atoms with E-state index >= 15 is 0 Å². The molecule has 7 heteroatoms. The van der Waals surface area contributed by atoms with Crippen LogP contribution in [-0.2, 0) is 14.5 Å². The van der Waals surface area contributed by atoms with Crippen molar-refractivity contribution in [1.29, 1.82) is 0 Å². The van der Waals surface area contributed by atoms with Gasteiger partial charge < -0.3 is 15.0 Å². The van der Waals surface area contributed by atoms with Crippen molar-refractivity contribution in [3.8, 4) is 0 Å². The van der Waals surface area contributed by atoms with Gasteiger partial charge in [0, 0.05) is 54.8 Å². The summed E-state index contributed by atoms with van der Waals surface area (Å²) in [6.07, 6.45) is 5.80. The smallest absolute Gasteiger partial charge is 0.204 e. The molecule has 6 nitrogen and oxygen atoms in total. The zero-order valence-electron chi connectivity index (χ0n) is 17.2. The molecule has 2 aromatic rings. The van der Waals surface area contributed by atoms with Gasteiger partial charge in [0.15, 0.2) is 0 Å². The Kier molecular flexibility index (Phi) is 6.27. The lowest BCUT2D eigenvalue weighted by Gasteiger charge is -2.45. The fourth-order valence-corrected chi connectivity index (χ4v) is 4.01. The number of unbranched alkanes of at least 4 members (excludes halogenated alkanes) is 1. The minimum Gasteiger partial charge on any atom is -0.384 e. The van der Waals surface area contributed by atoms with Crippen molar-refractivity contribution < 1.29 is 14.5 Å². The van der Waals surface area contributed by atoms with E-state index < -0.39 is 5.79 Å². The second-order valence-electron chi connectivity index (χ2n) is 8.62. The van der Waals surface area contributed by atoms with E-state index in [1.54, 1.807) is 0 Å². The minimum atomic E-state index is -0.543. The third-order valence-corrected chi connectivity index (χ3v) is 5.88. The van der Waals surface area contributed by atoms with Gasteiger partial charge in [0.25, 0.3) is 0 Å². The quantitative estimate of drug-likeness (QED) is 0.544. The maximum absolute atomic E-state index is 6.06. The number of piperidine rings is 1. The van der Waals surface area contributed by atoms with Gasteiger partial charge in [-0.1, -0.05) is 11.6 Å². The van der Waals surface area contributed by atoms with Crippen LogP contribution in [0, 0.1) is 0 Å². The van der Waals surface area contributed by atoms with Gasteiger partial charge in [-0.3, -0.25) is 4.98 Å². The molecule has 29 heavy (non-hydrogen) atoms. The van der Waals surface area contributed by atoms with Gasteiger partial charge in [0.05, 0.1) is 12.1 Å². The van der Waals surface area contributed by atoms with Crippen LogP contribution in [0.4, 0.5) is 5.69 Å². The number of fused-ring (bicyclic) bond motifs is 1. The van der Waals surface area contributed by atoms with E-state index in [1.165, 1.54) is 0 Å². The lowest BCUT2D eigenvalue weighted by Crippen LogP contribution is -2.54. The summed E-state index contributed by atoms with van der Waals surface area (Å²) < 4.78 is 6.01. The number of benzene rings is 1. The summed E-state index contributed by atoms with van der Waals surface area (Å²) in [7, 11) is 0. The first kappa shape index (κ1) is 20.8. The number of hydrogen-bond acceptors (Lipinski definition) is 6. The standard InChI is InChI=1S/C22H30ClN3O3/c1-21(2)16-27-22(29-28-21)8-13-26(14-9-22)12-4-3-10-24-19-7-11-25-20-15-17(23)5-6-18(19)20/h5-7,11,15H,3-4,8-10,12-14,16H2,1-2H3,(H,24,25). The van der Waals surface area contributed by atoms with E-state index in [1.807, 2.05) is 44.3 Å². The second kappa shape index (κ2) is 8.74. The van der Waals surface area contributed by atoms with E-state index in [0.717, 1.165) is 68.5 Å². The van der Waals surface area contributed by atoms with E-state index in [4.69, 9.17) is 26.1 Å². The Labute approximate surface area is 177 Å². The molecule has 2 fully saturated rings. The summed E-state index contributed by atoms with van der Waals surface area (Å²) in [5.41, 5.74) is 1.67. The van der Waals surface area contributed by atoms with Gasteiger partial charge in [0.2, 0.25) is 5.79 Å². The van der Waals surface area contributed by atoms with Gasteiger partial charge >= 0.3 is 0 Å². The molecule has 1 N–H and O–H groups in total. The summed E-state index contributed by atoms with van der Waals surface area (Å²) in [6.45, 7) is 8.53. The van der Waals surface area contributed by atoms with E-state index in [2.05, 4.69) is 15.2 Å². The molecular formula is C22H30ClN3O3. The summed E-state index contributed by atoms with van der Waals surface area (Å²) in [5, 5.41) is 5.36. The Morgan fingerprint density at radius 2 is 1.97 bits per heavy atom. The number of likely N-dealkylation sites (tertiary alicyclic amines) is 1. The van der Waals surface area contributed by atoms with Crippen LogP contribution in [0.5, 0.6) is 0 Å². The number of nitrogens with zero attached hydrogens (tertiary/aromatic N) is 2. The number of aromatic nitrogens is 1. The molecule has 4 rings (SSSR count). The third kappa shape index (κ3) is 5.19. The monoisotopic (exact) mass is 419 g/mol. The number of hydrogen-bond donors (Lipinski definition) is 1. The van der Waals surface area contributed by atoms with E-state index in [9.17, 15) is 0 Å². The molecule has 0 atom stereocenters. The van der Waals surface area contributed by atoms with Crippen LogP contribution < -0.4 is 5.32 Å². The predicted molar refractivity (Wildman–Crippen MR) is 115 cm³/mol. The van der Waals surface area contributed by atoms with Gasteiger partial charge in [-0.2, -0.15) is 0 Å². The molecule has 2 aliphatic rings. The van der Waals surface area contributed by atoms with Crippen LogP contribution in [-0.4, -0.2) is 54.1 Å². The number of halogens is 1. The molecule has 158 valence electrons. The Hall–Kier alpha value is -1.44. The Balaban J connectivity index is 1.17. The van der Waals surface area contributed by atoms with Gasteiger partial charge in [-0.25, -0.2) is 9.78 Å². The van der Waals surface area contributed by atoms with Crippen LogP contribution >= 0.6 is 11.6 Å². The molecule has 0 bridgehead atoms. The first-order valence-corrected chi connectivity index (χ1v) is 10.8. The van der Waals surface area contributed by atoms with Gasteiger partial charge in [-0.15, -0.1) is 0 Å². The molecule has 3 heterocycles. The lowest BCUT2D eigenvalue weighted by atomic mass is 10.0. The number of nitrogens with one attached hydrogen (secondary N) is 1. The van der Waals surface area contributed by atoms with Crippen molar-refractivity contribution in [1.82, 2.24) is 9.88 Å². The molecular weight excluding hydrogens is 390 g/mol. The van der Waals surface area contributed by atoms with Crippen LogP contribution in [0.15, 0.2) is 30.5 Å². The number of anilines is 1. The highest BCUT2D eigenvalue weighted by molar-refractivity contribution is 6.31. The molecule has 0 aliphatic carbocycles. The second-order valence-corrected chi connectivity index (χ2v) is 9.06. The summed E-state index contributed by atoms with van der Waals surface area (Å²) in [6, 6.07) is 7.85. The lowest BCUT2D eigenvalue weighted by molar-refractivity contribution is -0.511. The molecule has 0 saturated carbocycles. The first-order chi connectivity index (χ1) is 13.9. The molecule has 2 saturated heterocycles. The predicted octanol–water partition coefficient (Wildman–Crippen LogP) is 4.63. The van der Waals surface area contributed by atoms with Crippen molar-refractivity contribution in [2.24, 2.45) is 0 Å². The highest BCUT2D eigenvalue weighted by Crippen LogP contribution is 2.34. The molecule has 1 aromatic heterocycles. The summed E-state index contributed by atoms with van der Waals surface area (Å²) >= 11 is 6.06. The van der Waals surface area contributed by atoms with Crippen molar-refractivity contribution >= 4 is 28.2 Å². The van der Waals surface area contributed by atoms with Crippen molar-refractivity contribution in [3.63, 3.8) is 0 Å². The normalized spacial score (nSPS) is 21.5. The highest BCUT2D eigenvalue weighted by Gasteiger charge is 2.44. The molecule has 0 unspecified atom stereocenters. The maximum atomic E-state index is 6.06. The molecule has 1 aromatic carbocycles. The zero-order chi connectivity index (χ0) is 20.3. The van der Waals surface area contributed by atoms with E-state index in [0.29, 0.717) is 11.6 Å². The number of pyridine rings is 1. The molecule has 0 amide bonds. The Bertz CT molecular complexity index is 825. The number of ether oxygens (including phenoxy) is 1. The Morgan fingerprint density at radius 3 is 2.72 bits per heavy atom. The van der Waals surface area contributed by atoms with Crippen LogP contribution in [0.1, 0.15) is 39.5 Å². The molecule has 1 spiro atoms. The average Bonchev–Trinajstić information content (AvgIpc) is 2.71. The summed E-state index contributed by atoms with van der Waals surface area (Å²) in [4.78, 5) is 18.0. The van der Waals surface area contributed by atoms with E-state index in [-0.39, 0.29) is 5.60 Å². The molecule has 0 radical (unpaired) electrons. The van der Waals surface area contributed by atoms with Gasteiger partial charge in [0.1, 0.15) is 5.60 Å². The topological polar surface area (TPSA) is 55.9 Å². The highest BCUT2D eigenvalue weighted by atomic mass is 35.5. The average molecular weight is 420 g/mol. The first-order valence-electron chi connectivity index (χ1n) is 10.5. The van der Waals surface area contributed by atoms with Crippen LogP contribution in [0.2, 0.25) is 5.02 Å². The largest absolute Gasteiger partial charge is 0.384 e. The Morgan fingerprint density at radius 1 is 1.14 bits per heavy atom. The third-order valence-electron chi connectivity index (χ3n) is 5.64. The fraction of sp³-hybridized carbons (Fsp3) is 0.591. The number of rotatable bonds is 6. The summed E-state index contributed by atoms with van der Waals surface area (Å²) in [5.74, 6) is -0.543. The molecule has 2 aliphatic heterocycles.